The minimum atomic E-state index is -3.57. The van der Waals surface area contributed by atoms with Crippen LogP contribution >= 0.6 is 0 Å². The Morgan fingerprint density at radius 3 is 1.85 bits per heavy atom. The predicted molar refractivity (Wildman–Crippen MR) is 127 cm³/mol. The molecule has 2 amide bonds. The number of sulfonamides is 1. The molecule has 1 aromatic heterocycles. The molecule has 0 unspecified atom stereocenters. The number of carbonyl (C=O) groups excluding carboxylic acids is 2. The summed E-state index contributed by atoms with van der Waals surface area (Å²) in [5, 5.41) is 0. The van der Waals surface area contributed by atoms with Crippen LogP contribution < -0.4 is 0 Å². The van der Waals surface area contributed by atoms with Gasteiger partial charge in [0.15, 0.2) is 0 Å². The Morgan fingerprint density at radius 1 is 0.765 bits per heavy atom. The van der Waals surface area contributed by atoms with Gasteiger partial charge < -0.3 is 9.80 Å². The molecule has 1 aromatic carbocycles. The predicted octanol–water partition coefficient (Wildman–Crippen LogP) is 0.815. The van der Waals surface area contributed by atoms with Gasteiger partial charge in [-0.3, -0.25) is 19.5 Å². The standard InChI is InChI=1S/C24H29N5O4S/c30-23(27-14-12-26(13-15-27)20-21-8-10-25-11-9-21)6-7-24(31)28-16-18-29(19-17-28)34(32,33)22-4-2-1-3-5-22/h1-11H,12-20H2/b7-6+. The van der Waals surface area contributed by atoms with Crippen molar-refractivity contribution in [1.29, 1.82) is 0 Å². The van der Waals surface area contributed by atoms with Crippen LogP contribution in [-0.2, 0) is 26.2 Å². The summed E-state index contributed by atoms with van der Waals surface area (Å²) in [6.07, 6.45) is 6.18. The summed E-state index contributed by atoms with van der Waals surface area (Å²) in [4.78, 5) is 35.0. The van der Waals surface area contributed by atoms with E-state index in [4.69, 9.17) is 0 Å². The lowest BCUT2D eigenvalue weighted by atomic mass is 10.2. The summed E-state index contributed by atoms with van der Waals surface area (Å²) < 4.78 is 26.9. The van der Waals surface area contributed by atoms with E-state index in [1.807, 2.05) is 12.1 Å². The first-order chi connectivity index (χ1) is 16.4. The van der Waals surface area contributed by atoms with Crippen LogP contribution in [0.1, 0.15) is 5.56 Å². The van der Waals surface area contributed by atoms with Gasteiger partial charge in [0, 0.05) is 83.4 Å². The van der Waals surface area contributed by atoms with E-state index in [1.165, 1.54) is 22.0 Å². The number of hydrogen-bond donors (Lipinski definition) is 0. The lowest BCUT2D eigenvalue weighted by molar-refractivity contribution is -0.129. The van der Waals surface area contributed by atoms with Crippen LogP contribution in [0.25, 0.3) is 0 Å². The molecule has 0 spiro atoms. The molecule has 180 valence electrons. The summed E-state index contributed by atoms with van der Waals surface area (Å²) in [5.74, 6) is -0.455. The zero-order chi connectivity index (χ0) is 24.0. The van der Waals surface area contributed by atoms with Gasteiger partial charge in [-0.1, -0.05) is 18.2 Å². The van der Waals surface area contributed by atoms with Crippen molar-refractivity contribution in [2.24, 2.45) is 0 Å². The molecule has 2 aromatic rings. The highest BCUT2D eigenvalue weighted by Crippen LogP contribution is 2.17. The van der Waals surface area contributed by atoms with Crippen molar-refractivity contribution >= 4 is 21.8 Å². The van der Waals surface area contributed by atoms with E-state index >= 15 is 0 Å². The van der Waals surface area contributed by atoms with Crippen molar-refractivity contribution in [2.45, 2.75) is 11.4 Å². The largest absolute Gasteiger partial charge is 0.337 e. The number of benzene rings is 1. The van der Waals surface area contributed by atoms with Crippen LogP contribution in [0, 0.1) is 0 Å². The molecular formula is C24H29N5O4S. The zero-order valence-electron chi connectivity index (χ0n) is 19.0. The molecule has 10 heteroatoms. The third kappa shape index (κ3) is 5.88. The Morgan fingerprint density at radius 2 is 1.29 bits per heavy atom. The Kier molecular flexibility index (Phi) is 7.71. The monoisotopic (exact) mass is 483 g/mol. The highest BCUT2D eigenvalue weighted by Gasteiger charge is 2.29. The van der Waals surface area contributed by atoms with Gasteiger partial charge in [-0.15, -0.1) is 0 Å². The van der Waals surface area contributed by atoms with Crippen LogP contribution in [0.15, 0.2) is 71.9 Å². The number of amides is 2. The van der Waals surface area contributed by atoms with E-state index in [1.54, 1.807) is 52.5 Å². The van der Waals surface area contributed by atoms with Gasteiger partial charge in [-0.05, 0) is 29.8 Å². The van der Waals surface area contributed by atoms with Gasteiger partial charge in [0.1, 0.15) is 0 Å². The summed E-state index contributed by atoms with van der Waals surface area (Å²) in [7, 11) is -3.57. The Hall–Kier alpha value is -3.08. The summed E-state index contributed by atoms with van der Waals surface area (Å²) in [6, 6.07) is 12.3. The van der Waals surface area contributed by atoms with E-state index in [9.17, 15) is 18.0 Å². The van der Waals surface area contributed by atoms with Gasteiger partial charge in [-0.25, -0.2) is 8.42 Å². The second-order valence-corrected chi connectivity index (χ2v) is 10.3. The number of rotatable bonds is 6. The maximum Gasteiger partial charge on any atom is 0.246 e. The lowest BCUT2D eigenvalue weighted by Gasteiger charge is -2.34. The third-order valence-corrected chi connectivity index (χ3v) is 8.05. The summed E-state index contributed by atoms with van der Waals surface area (Å²) in [6.45, 7) is 4.62. The van der Waals surface area contributed by atoms with E-state index in [0.717, 1.165) is 19.6 Å². The second kappa shape index (κ2) is 10.9. The number of hydrogen-bond acceptors (Lipinski definition) is 6. The first kappa shape index (κ1) is 24.1. The van der Waals surface area contributed by atoms with Gasteiger partial charge in [0.05, 0.1) is 4.90 Å². The van der Waals surface area contributed by atoms with Crippen LogP contribution in [-0.4, -0.2) is 96.6 Å². The van der Waals surface area contributed by atoms with Gasteiger partial charge in [0.25, 0.3) is 0 Å². The maximum absolute atomic E-state index is 12.7. The SMILES string of the molecule is O=C(/C=C/C(=O)N1CCN(S(=O)(=O)c2ccccc2)CC1)N1CCN(Cc2ccncc2)CC1. The Balaban J connectivity index is 1.22. The number of nitrogens with zero attached hydrogens (tertiary/aromatic N) is 5. The molecule has 0 atom stereocenters. The third-order valence-electron chi connectivity index (χ3n) is 6.14. The maximum atomic E-state index is 12.7. The molecule has 9 nitrogen and oxygen atoms in total. The fourth-order valence-electron chi connectivity index (χ4n) is 4.12. The molecule has 0 N–H and O–H groups in total. The highest BCUT2D eigenvalue weighted by molar-refractivity contribution is 7.89. The molecule has 34 heavy (non-hydrogen) atoms. The topological polar surface area (TPSA) is 94.1 Å². The smallest absolute Gasteiger partial charge is 0.246 e. The van der Waals surface area contributed by atoms with Crippen molar-refractivity contribution in [2.75, 3.05) is 52.4 Å². The van der Waals surface area contributed by atoms with E-state index in [-0.39, 0.29) is 42.9 Å². The fraction of sp³-hybridized carbons (Fsp3) is 0.375. The normalized spacial score (nSPS) is 18.4. The van der Waals surface area contributed by atoms with E-state index < -0.39 is 10.0 Å². The van der Waals surface area contributed by atoms with Crippen molar-refractivity contribution in [3.63, 3.8) is 0 Å². The molecule has 0 bridgehead atoms. The molecule has 3 heterocycles. The molecule has 4 rings (SSSR count). The average Bonchev–Trinajstić information content (AvgIpc) is 2.88. The van der Waals surface area contributed by atoms with Crippen molar-refractivity contribution in [3.05, 3.63) is 72.6 Å². The minimum absolute atomic E-state index is 0.179. The van der Waals surface area contributed by atoms with E-state index in [2.05, 4.69) is 9.88 Å². The highest BCUT2D eigenvalue weighted by atomic mass is 32.2. The Labute approximate surface area is 200 Å². The molecule has 0 radical (unpaired) electrons. The minimum Gasteiger partial charge on any atom is -0.337 e. The number of aromatic nitrogens is 1. The molecule has 2 aliphatic heterocycles. The van der Waals surface area contributed by atoms with Crippen LogP contribution in [0.3, 0.4) is 0 Å². The van der Waals surface area contributed by atoms with Crippen LogP contribution in [0.2, 0.25) is 0 Å². The van der Waals surface area contributed by atoms with Gasteiger partial charge >= 0.3 is 0 Å². The summed E-state index contributed by atoms with van der Waals surface area (Å²) in [5.41, 5.74) is 1.19. The number of carbonyl (C=O) groups is 2. The Bertz CT molecular complexity index is 1110. The van der Waals surface area contributed by atoms with Crippen molar-refractivity contribution < 1.29 is 18.0 Å². The lowest BCUT2D eigenvalue weighted by Crippen LogP contribution is -2.50. The molecule has 2 aliphatic rings. The first-order valence-electron chi connectivity index (χ1n) is 11.4. The molecule has 0 saturated carbocycles. The molecule has 2 fully saturated rings. The average molecular weight is 484 g/mol. The zero-order valence-corrected chi connectivity index (χ0v) is 19.8. The van der Waals surface area contributed by atoms with Crippen molar-refractivity contribution in [3.8, 4) is 0 Å². The molecular weight excluding hydrogens is 454 g/mol. The molecule has 0 aliphatic carbocycles. The molecule has 2 saturated heterocycles. The quantitative estimate of drug-likeness (QED) is 0.565. The van der Waals surface area contributed by atoms with Crippen LogP contribution in [0.5, 0.6) is 0 Å². The second-order valence-electron chi connectivity index (χ2n) is 8.33. The van der Waals surface area contributed by atoms with Gasteiger partial charge in [-0.2, -0.15) is 4.31 Å². The first-order valence-corrected chi connectivity index (χ1v) is 12.8. The fourth-order valence-corrected chi connectivity index (χ4v) is 5.56. The number of pyridine rings is 1. The van der Waals surface area contributed by atoms with Gasteiger partial charge in [0.2, 0.25) is 21.8 Å². The van der Waals surface area contributed by atoms with E-state index in [0.29, 0.717) is 13.1 Å². The summed E-state index contributed by atoms with van der Waals surface area (Å²) >= 11 is 0. The van der Waals surface area contributed by atoms with Crippen molar-refractivity contribution in [1.82, 2.24) is 24.0 Å². The number of piperazine rings is 2. The van der Waals surface area contributed by atoms with Crippen LogP contribution in [0.4, 0.5) is 0 Å².